The number of nitrogen functional groups attached to an aromatic ring is 5. The van der Waals surface area contributed by atoms with Crippen molar-refractivity contribution < 1.29 is 22.5 Å². The van der Waals surface area contributed by atoms with E-state index in [0.29, 0.717) is 164 Å². The largest absolute Gasteiger partial charge is 0.707 e. The van der Waals surface area contributed by atoms with Crippen LogP contribution in [0.3, 0.4) is 0 Å². The molecule has 13 rings (SSSR count). The number of hydrogen-bond donors (Lipinski definition) is 10. The van der Waals surface area contributed by atoms with Gasteiger partial charge in [-0.25, -0.2) is 72.7 Å². The molecule has 574 valence electrons. The Bertz CT molecular complexity index is 5130. The Morgan fingerprint density at radius 2 is 1.13 bits per heavy atom. The van der Waals surface area contributed by atoms with Gasteiger partial charge in [0.2, 0.25) is 0 Å². The van der Waals surface area contributed by atoms with Crippen molar-refractivity contribution in [1.29, 1.82) is 10.8 Å². The van der Waals surface area contributed by atoms with E-state index in [1.807, 2.05) is 105 Å². The molecule has 0 amide bonds. The Balaban J connectivity index is 0.000000170. The molecule has 1 unspecified atom stereocenters. The molecule has 2 fully saturated rings. The van der Waals surface area contributed by atoms with Gasteiger partial charge in [0.05, 0.1) is 86.2 Å². The molecule has 0 bridgehead atoms. The number of aliphatic imine (C=N–C) groups is 5. The van der Waals surface area contributed by atoms with Gasteiger partial charge in [-0.3, -0.25) is 10.8 Å². The van der Waals surface area contributed by atoms with Crippen LogP contribution in [-0.2, 0) is 27.5 Å². The summed E-state index contributed by atoms with van der Waals surface area (Å²) in [6.07, 6.45) is 12.7. The van der Waals surface area contributed by atoms with E-state index < -0.39 is 10.1 Å². The Morgan fingerprint density at radius 3 is 1.56 bits per heavy atom. The normalized spacial score (nSPS) is 17.5. The van der Waals surface area contributed by atoms with Crippen LogP contribution in [0.2, 0.25) is 0 Å². The van der Waals surface area contributed by atoms with Crippen LogP contribution in [0.1, 0.15) is 72.2 Å². The lowest BCUT2D eigenvalue weighted by atomic mass is 10.2. The summed E-state index contributed by atoms with van der Waals surface area (Å²) in [5.41, 5.74) is 47.8. The Labute approximate surface area is 625 Å². The Hall–Kier alpha value is -12.2. The molecule has 40 nitrogen and oxygen atoms in total. The van der Waals surface area contributed by atoms with E-state index in [2.05, 4.69) is 96.5 Å². The molecule has 41 heteroatoms. The monoisotopic (exact) mass is 1500 g/mol. The van der Waals surface area contributed by atoms with Crippen LogP contribution in [0.15, 0.2) is 96.0 Å². The van der Waals surface area contributed by atoms with Crippen LogP contribution < -0.4 is 65.0 Å². The molecule has 8 aromatic heterocycles. The molecule has 5 aliphatic heterocycles. The number of anilines is 12. The number of pyridine rings is 2. The first-order chi connectivity index (χ1) is 51.2. The van der Waals surface area contributed by atoms with Gasteiger partial charge in [-0.15, -0.1) is 0 Å². The lowest BCUT2D eigenvalue weighted by Gasteiger charge is -2.32. The van der Waals surface area contributed by atoms with E-state index in [4.69, 9.17) is 75.4 Å². The predicted molar refractivity (Wildman–Crippen MR) is 427 cm³/mol. The van der Waals surface area contributed by atoms with Crippen LogP contribution in [-0.4, -0.2) is 239 Å². The van der Waals surface area contributed by atoms with E-state index in [9.17, 15) is 8.42 Å². The number of likely N-dealkylation sites (tertiary alicyclic amines) is 1. The van der Waals surface area contributed by atoms with Crippen LogP contribution in [0.5, 0.6) is 0 Å². The standard InChI is InChI=1S/C28H37N14.C21H31N11.C17H25N11.CH4O4S/c1-37(2)23-8-11-30-27-21(15-32-40(23)27)34-20-14-19(29)26(39-13-10-18(17-39)42(5,6)7)36-25(20)35-22-16-33-41-24(38(3)4)9-12-31-28(22)41;1-5-31-18(23)16(12(3)28-31)25-15-11-14(22)21(30-9-7-8-10-30)27-20(15)26-17-13(4)29-32(6-2)19(17)24;1-5-27-15(20)12(8(3)25-27)22-11-7-10(18)14(19)24-17(11)23-13-9(4)26-28(6-2)16(13)21;1-6(3,4)5-2/h8-9,11-12,14-16,18H,10,13,17,29H2,1-7H3;11,23H,5-10,22,24H2,1-4H3,(H,26,27);7,20H,5-6,18,21H2,1-4H3,(H3,19,23,24);2H,1H3/q+1;;;/p-1. The average Bonchev–Trinajstić information content (AvgIpc) is 1.66. The highest BCUT2D eigenvalue weighted by Crippen LogP contribution is 2.39. The van der Waals surface area contributed by atoms with Gasteiger partial charge in [0, 0.05) is 92.8 Å². The van der Waals surface area contributed by atoms with E-state index in [1.165, 1.54) is 0 Å². The third-order valence-electron chi connectivity index (χ3n) is 17.9. The van der Waals surface area contributed by atoms with E-state index >= 15 is 0 Å². The highest BCUT2D eigenvalue weighted by Gasteiger charge is 2.36. The maximum atomic E-state index is 9.47. The fourth-order valence-electron chi connectivity index (χ4n) is 12.2. The lowest BCUT2D eigenvalue weighted by molar-refractivity contribution is -0.893. The lowest BCUT2D eigenvalue weighted by Crippen LogP contribution is -2.47. The number of fused-ring (bicyclic) bond motifs is 2. The topological polar surface area (TPSA) is 522 Å². The Kier molecular flexibility index (Phi) is 23.4. The van der Waals surface area contributed by atoms with Crippen molar-refractivity contribution in [1.82, 2.24) is 73.6 Å². The van der Waals surface area contributed by atoms with Gasteiger partial charge in [0.15, 0.2) is 52.1 Å². The zero-order valence-corrected chi connectivity index (χ0v) is 64.5. The van der Waals surface area contributed by atoms with Gasteiger partial charge in [-0.05, 0) is 98.6 Å². The minimum atomic E-state index is -3.72. The third-order valence-corrected chi connectivity index (χ3v) is 18.2. The first-order valence-electron chi connectivity index (χ1n) is 34.8. The highest BCUT2D eigenvalue weighted by molar-refractivity contribution is 7.85. The highest BCUT2D eigenvalue weighted by atomic mass is 32.2. The molecule has 16 N–H and O–H groups in total. The third kappa shape index (κ3) is 16.9. The van der Waals surface area contributed by atoms with Crippen molar-refractivity contribution in [3.8, 4) is 0 Å². The van der Waals surface area contributed by atoms with Gasteiger partial charge >= 0.3 is 0 Å². The molecule has 0 aromatic carbocycles. The number of quaternary nitrogens is 1. The molecule has 0 saturated carbocycles. The zero-order chi connectivity index (χ0) is 78.5. The molecule has 13 heterocycles. The summed E-state index contributed by atoms with van der Waals surface area (Å²) >= 11 is 0. The number of rotatable bonds is 17. The summed E-state index contributed by atoms with van der Waals surface area (Å²) in [6, 6.07) is 7.70. The first-order valence-corrected chi connectivity index (χ1v) is 36.6. The minimum Gasteiger partial charge on any atom is -0.707 e. The van der Waals surface area contributed by atoms with Crippen molar-refractivity contribution in [2.24, 2.45) is 40.9 Å². The van der Waals surface area contributed by atoms with Crippen molar-refractivity contribution in [3.05, 3.63) is 72.2 Å². The first kappa shape index (κ1) is 78.4. The van der Waals surface area contributed by atoms with Gasteiger partial charge in [-0.2, -0.15) is 39.6 Å². The average molecular weight is 1500 g/mol. The number of amidine groups is 4. The molecular weight excluding hydrogens is 1410 g/mol. The molecule has 8 aromatic rings. The molecular formula is C67H96N36O4S. The van der Waals surface area contributed by atoms with Crippen molar-refractivity contribution in [3.63, 3.8) is 0 Å². The number of dihydropyridines is 1. The molecule has 0 spiro atoms. The van der Waals surface area contributed by atoms with E-state index in [-0.39, 0.29) is 17.5 Å². The number of aromatic nitrogens is 12. The van der Waals surface area contributed by atoms with E-state index in [0.717, 1.165) is 78.8 Å². The zero-order valence-electron chi connectivity index (χ0n) is 63.7. The second-order valence-corrected chi connectivity index (χ2v) is 28.5. The van der Waals surface area contributed by atoms with Gasteiger partial charge in [-0.1, -0.05) is 0 Å². The van der Waals surface area contributed by atoms with Gasteiger partial charge < -0.3 is 78.7 Å². The number of aryl methyl sites for hydroxylation is 4. The van der Waals surface area contributed by atoms with Crippen LogP contribution in [0, 0.1) is 24.7 Å². The summed E-state index contributed by atoms with van der Waals surface area (Å²) in [7, 11) is 10.8. The molecule has 0 radical (unpaired) electrons. The van der Waals surface area contributed by atoms with Crippen molar-refractivity contribution in [2.75, 3.05) is 149 Å². The second-order valence-electron chi connectivity index (χ2n) is 27.0. The van der Waals surface area contributed by atoms with E-state index in [1.54, 1.807) is 72.3 Å². The minimum absolute atomic E-state index is 0.174. The smallest absolute Gasteiger partial charge is 0.255 e. The maximum absolute atomic E-state index is 9.47. The molecule has 0 aliphatic carbocycles. The summed E-state index contributed by atoms with van der Waals surface area (Å²) in [4.78, 5) is 51.0. The van der Waals surface area contributed by atoms with Crippen molar-refractivity contribution >= 4 is 165 Å². The molecule has 5 aliphatic rings. The molecule has 2 saturated heterocycles. The number of hydrogen-bond acceptors (Lipinski definition) is 32. The van der Waals surface area contributed by atoms with Crippen LogP contribution >= 0.6 is 0 Å². The predicted octanol–water partition coefficient (Wildman–Crippen LogP) is 4.71. The fraction of sp³-hybridized carbons (Fsp3) is 0.418. The summed E-state index contributed by atoms with van der Waals surface area (Å²) in [5, 5.41) is 62.0. The number of nitrogens with one attached hydrogen (secondary N) is 4. The molecule has 1 atom stereocenters. The van der Waals surface area contributed by atoms with Crippen LogP contribution in [0.25, 0.3) is 11.3 Å². The summed E-state index contributed by atoms with van der Waals surface area (Å²) in [5.74, 6) is 6.19. The quantitative estimate of drug-likeness (QED) is 0.0335. The Morgan fingerprint density at radius 1 is 0.657 bits per heavy atom. The second kappa shape index (κ2) is 32.2. The number of hydrazone groups is 2. The summed E-state index contributed by atoms with van der Waals surface area (Å²) in [6.45, 7) is 21.2. The van der Waals surface area contributed by atoms with Gasteiger partial charge in [0.1, 0.15) is 86.4 Å². The number of nitrogens with zero attached hydrogens (tertiary/aromatic N) is 26. The fourth-order valence-corrected chi connectivity index (χ4v) is 12.2. The SMILES string of the molecule is CCN1N=C(C)C(=Nc2cc(N)c(N)nc2Nc2c(C)nn(CC)c2N)C1=N.CCN1N=C(C)C(=Nc2cc(N)c(N3CCCC3)nc2Nc2c(C)nn(CC)c2N)C1=N.CN(C)c1ccnc2c(N=C3C=C(N)C(N4CCC([N+](C)(C)C)C4)=NC3=Nc3cnn4c(N(C)C)ccnc34)cnn12.CS(=O)(=O)O[O-]. The van der Waals surface area contributed by atoms with Crippen molar-refractivity contribution in [2.45, 2.75) is 93.8 Å². The van der Waals surface area contributed by atoms with Gasteiger partial charge in [0.25, 0.3) is 10.1 Å². The maximum Gasteiger partial charge on any atom is 0.255 e. The molecule has 108 heavy (non-hydrogen) atoms. The summed E-state index contributed by atoms with van der Waals surface area (Å²) < 4.78 is 29.4. The number of nitrogens with two attached hydrogens (primary N) is 6. The van der Waals surface area contributed by atoms with Crippen LogP contribution in [0.4, 0.5) is 92.0 Å². The number of likely N-dealkylation sites (N-methyl/N-ethyl adjacent to an activating group) is 1.